The van der Waals surface area contributed by atoms with Crippen LogP contribution in [0.2, 0.25) is 0 Å². The molecule has 1 N–H and O–H groups in total. The quantitative estimate of drug-likeness (QED) is 0.586. The molecular weight excluding hydrogens is 152 g/mol. The van der Waals surface area contributed by atoms with Crippen molar-refractivity contribution in [2.24, 2.45) is 0 Å². The average Bonchev–Trinajstić information content (AvgIpc) is 2.02. The molecule has 0 rings (SSSR count). The monoisotopic (exact) mass is 170 g/mol. The second-order valence-electron chi connectivity index (χ2n) is 2.93. The smallest absolute Gasteiger partial charge is 0.0622 e. The molecule has 3 nitrogen and oxygen atoms in total. The van der Waals surface area contributed by atoms with E-state index in [2.05, 4.69) is 11.4 Å². The Morgan fingerprint density at radius 1 is 1.42 bits per heavy atom. The molecule has 70 valence electrons. The highest BCUT2D eigenvalue weighted by Crippen LogP contribution is 1.86. The van der Waals surface area contributed by atoms with Crippen molar-refractivity contribution < 1.29 is 4.74 Å². The Labute approximate surface area is 74.7 Å². The molecule has 0 saturated heterocycles. The summed E-state index contributed by atoms with van der Waals surface area (Å²) in [6, 6.07) is 2.11. The fourth-order valence-electron chi connectivity index (χ4n) is 0.784. The van der Waals surface area contributed by atoms with E-state index in [9.17, 15) is 0 Å². The van der Waals surface area contributed by atoms with Gasteiger partial charge in [0.05, 0.1) is 18.8 Å². The van der Waals surface area contributed by atoms with Crippen LogP contribution in [0.3, 0.4) is 0 Å². The number of hydrogen-bond acceptors (Lipinski definition) is 3. The standard InChI is InChI=1S/C9H18N2O/c1-9(2)12-8-7-11-6-4-3-5-10/h9,11H,3-4,6-8H2,1-2H3. The van der Waals surface area contributed by atoms with Gasteiger partial charge in [-0.3, -0.25) is 0 Å². The van der Waals surface area contributed by atoms with Crippen molar-refractivity contribution >= 4 is 0 Å². The van der Waals surface area contributed by atoms with E-state index < -0.39 is 0 Å². The molecule has 0 aliphatic rings. The fourth-order valence-corrected chi connectivity index (χ4v) is 0.784. The Morgan fingerprint density at radius 3 is 2.75 bits per heavy atom. The Kier molecular flexibility index (Phi) is 8.09. The van der Waals surface area contributed by atoms with Crippen molar-refractivity contribution in [1.29, 1.82) is 5.26 Å². The summed E-state index contributed by atoms with van der Waals surface area (Å²) >= 11 is 0. The van der Waals surface area contributed by atoms with Crippen LogP contribution in [-0.4, -0.2) is 25.8 Å². The highest BCUT2D eigenvalue weighted by molar-refractivity contribution is 4.68. The van der Waals surface area contributed by atoms with Crippen molar-refractivity contribution in [3.8, 4) is 6.07 Å². The van der Waals surface area contributed by atoms with Gasteiger partial charge in [0, 0.05) is 13.0 Å². The lowest BCUT2D eigenvalue weighted by atomic mass is 10.3. The van der Waals surface area contributed by atoms with Gasteiger partial charge < -0.3 is 10.1 Å². The summed E-state index contributed by atoms with van der Waals surface area (Å²) in [5.41, 5.74) is 0. The first kappa shape index (κ1) is 11.4. The molecule has 0 heterocycles. The molecule has 0 radical (unpaired) electrons. The van der Waals surface area contributed by atoms with Gasteiger partial charge in [0.25, 0.3) is 0 Å². The van der Waals surface area contributed by atoms with Crippen molar-refractivity contribution in [3.63, 3.8) is 0 Å². The lowest BCUT2D eigenvalue weighted by Gasteiger charge is -2.07. The van der Waals surface area contributed by atoms with Crippen LogP contribution in [0.15, 0.2) is 0 Å². The van der Waals surface area contributed by atoms with Gasteiger partial charge in [-0.1, -0.05) is 0 Å². The number of nitrogens with zero attached hydrogens (tertiary/aromatic N) is 1. The third-order valence-electron chi connectivity index (χ3n) is 1.37. The zero-order chi connectivity index (χ0) is 9.23. The highest BCUT2D eigenvalue weighted by atomic mass is 16.5. The number of hydrogen-bond donors (Lipinski definition) is 1. The number of nitriles is 1. The minimum absolute atomic E-state index is 0.311. The van der Waals surface area contributed by atoms with Crippen molar-refractivity contribution in [3.05, 3.63) is 0 Å². The van der Waals surface area contributed by atoms with E-state index in [4.69, 9.17) is 10.00 Å². The third kappa shape index (κ3) is 9.41. The Morgan fingerprint density at radius 2 is 2.17 bits per heavy atom. The minimum atomic E-state index is 0.311. The van der Waals surface area contributed by atoms with Crippen LogP contribution in [0, 0.1) is 11.3 Å². The normalized spacial score (nSPS) is 10.2. The molecule has 0 aromatic rings. The molecule has 12 heavy (non-hydrogen) atoms. The molecule has 0 fully saturated rings. The van der Waals surface area contributed by atoms with Crippen molar-refractivity contribution in [1.82, 2.24) is 5.32 Å². The molecule has 0 aromatic heterocycles. The number of unbranched alkanes of at least 4 members (excludes halogenated alkanes) is 1. The molecule has 0 aromatic carbocycles. The fraction of sp³-hybridized carbons (Fsp3) is 0.889. The summed E-state index contributed by atoms with van der Waals surface area (Å²) in [5.74, 6) is 0. The van der Waals surface area contributed by atoms with E-state index in [1.807, 2.05) is 13.8 Å². The predicted molar refractivity (Wildman–Crippen MR) is 48.8 cm³/mol. The SMILES string of the molecule is CC(C)OCCNCCCC#N. The van der Waals surface area contributed by atoms with Crippen LogP contribution in [0.25, 0.3) is 0 Å². The molecule has 0 aliphatic carbocycles. The van der Waals surface area contributed by atoms with E-state index in [0.29, 0.717) is 12.5 Å². The average molecular weight is 170 g/mol. The van der Waals surface area contributed by atoms with Crippen LogP contribution in [0.4, 0.5) is 0 Å². The Hall–Kier alpha value is -0.590. The maximum atomic E-state index is 8.24. The van der Waals surface area contributed by atoms with Gasteiger partial charge in [0.15, 0.2) is 0 Å². The van der Waals surface area contributed by atoms with Gasteiger partial charge in [-0.25, -0.2) is 0 Å². The van der Waals surface area contributed by atoms with Gasteiger partial charge in [-0.15, -0.1) is 0 Å². The van der Waals surface area contributed by atoms with E-state index >= 15 is 0 Å². The third-order valence-corrected chi connectivity index (χ3v) is 1.37. The zero-order valence-corrected chi connectivity index (χ0v) is 7.97. The molecular formula is C9H18N2O. The van der Waals surface area contributed by atoms with Crippen LogP contribution in [0.1, 0.15) is 26.7 Å². The van der Waals surface area contributed by atoms with Crippen molar-refractivity contribution in [2.45, 2.75) is 32.8 Å². The maximum absolute atomic E-state index is 8.24. The van der Waals surface area contributed by atoms with Crippen molar-refractivity contribution in [2.75, 3.05) is 19.7 Å². The van der Waals surface area contributed by atoms with Crippen LogP contribution in [-0.2, 0) is 4.74 Å². The number of nitrogens with one attached hydrogen (secondary N) is 1. The lowest BCUT2D eigenvalue weighted by molar-refractivity contribution is 0.0809. The first-order valence-electron chi connectivity index (χ1n) is 4.46. The Bertz CT molecular complexity index is 129. The largest absolute Gasteiger partial charge is 0.377 e. The van der Waals surface area contributed by atoms with Crippen LogP contribution in [0.5, 0.6) is 0 Å². The predicted octanol–water partition coefficient (Wildman–Crippen LogP) is 1.30. The first-order chi connectivity index (χ1) is 5.77. The second kappa shape index (κ2) is 8.51. The van der Waals surface area contributed by atoms with Gasteiger partial charge in [-0.05, 0) is 26.8 Å². The number of rotatable bonds is 7. The molecule has 0 aliphatic heterocycles. The minimum Gasteiger partial charge on any atom is -0.377 e. The zero-order valence-electron chi connectivity index (χ0n) is 7.97. The summed E-state index contributed by atoms with van der Waals surface area (Å²) in [7, 11) is 0. The molecule has 0 amide bonds. The van der Waals surface area contributed by atoms with Crippen LogP contribution < -0.4 is 5.32 Å². The molecule has 0 atom stereocenters. The topological polar surface area (TPSA) is 45.0 Å². The molecule has 0 bridgehead atoms. The number of ether oxygens (including phenoxy) is 1. The van der Waals surface area contributed by atoms with Crippen LogP contribution >= 0.6 is 0 Å². The van der Waals surface area contributed by atoms with E-state index in [1.54, 1.807) is 0 Å². The highest BCUT2D eigenvalue weighted by Gasteiger charge is 1.91. The summed E-state index contributed by atoms with van der Waals surface area (Å²) in [6.07, 6.45) is 1.88. The Balaban J connectivity index is 2.87. The summed E-state index contributed by atoms with van der Waals surface area (Å²) in [5, 5.41) is 11.4. The van der Waals surface area contributed by atoms with Gasteiger partial charge >= 0.3 is 0 Å². The molecule has 3 heteroatoms. The summed E-state index contributed by atoms with van der Waals surface area (Å²) in [4.78, 5) is 0. The van der Waals surface area contributed by atoms with E-state index in [-0.39, 0.29) is 0 Å². The summed E-state index contributed by atoms with van der Waals surface area (Å²) < 4.78 is 5.32. The van der Waals surface area contributed by atoms with Gasteiger partial charge in [0.2, 0.25) is 0 Å². The second-order valence-corrected chi connectivity index (χ2v) is 2.93. The van der Waals surface area contributed by atoms with E-state index in [1.165, 1.54) is 0 Å². The molecule has 0 saturated carbocycles. The maximum Gasteiger partial charge on any atom is 0.0622 e. The first-order valence-corrected chi connectivity index (χ1v) is 4.46. The van der Waals surface area contributed by atoms with E-state index in [0.717, 1.165) is 26.1 Å². The van der Waals surface area contributed by atoms with Gasteiger partial charge in [-0.2, -0.15) is 5.26 Å². The lowest BCUT2D eigenvalue weighted by Crippen LogP contribution is -2.22. The molecule has 0 spiro atoms. The summed E-state index contributed by atoms with van der Waals surface area (Å²) in [6.45, 7) is 6.59. The molecule has 0 unspecified atom stereocenters. The van der Waals surface area contributed by atoms with Gasteiger partial charge in [0.1, 0.15) is 0 Å².